The highest BCUT2D eigenvalue weighted by atomic mass is 16.5. The number of nitrogens with zero attached hydrogens (tertiary/aromatic N) is 3. The Bertz CT molecular complexity index is 267. The number of tetrazole rings is 1. The van der Waals surface area contributed by atoms with Gasteiger partial charge in [0, 0.05) is 0 Å². The summed E-state index contributed by atoms with van der Waals surface area (Å²) < 4.78 is 5.79. The molecule has 2 rings (SSSR count). The van der Waals surface area contributed by atoms with Gasteiger partial charge in [0.05, 0.1) is 5.60 Å². The van der Waals surface area contributed by atoms with E-state index in [9.17, 15) is 0 Å². The number of nitrogens with one attached hydrogen (secondary N) is 2. The molecule has 6 heteroatoms. The maximum Gasteiger partial charge on any atom is 0.200 e. The summed E-state index contributed by atoms with van der Waals surface area (Å²) in [5.41, 5.74) is -0.0358. The summed E-state index contributed by atoms with van der Waals surface area (Å²) in [5, 5.41) is 16.9. The molecule has 2 heterocycles. The van der Waals surface area contributed by atoms with E-state index < -0.39 is 0 Å². The van der Waals surface area contributed by atoms with E-state index >= 15 is 0 Å². The first-order valence-corrected chi connectivity index (χ1v) is 4.85. The van der Waals surface area contributed by atoms with Crippen LogP contribution in [0.25, 0.3) is 0 Å². The standard InChI is InChI=1S/C8H15N5O/c1-8(2-4-9-5-3-8)14-6-7-10-12-13-11-7/h9H,2-6H2,1H3,(H,10,11,12,13). The van der Waals surface area contributed by atoms with E-state index in [1.165, 1.54) is 0 Å². The molecule has 1 aliphatic heterocycles. The molecule has 6 nitrogen and oxygen atoms in total. The molecule has 14 heavy (non-hydrogen) atoms. The van der Waals surface area contributed by atoms with Crippen LogP contribution < -0.4 is 5.32 Å². The van der Waals surface area contributed by atoms with Crippen LogP contribution >= 0.6 is 0 Å². The Kier molecular flexibility index (Phi) is 2.74. The Morgan fingerprint density at radius 3 is 2.86 bits per heavy atom. The number of ether oxygens (including phenoxy) is 1. The summed E-state index contributed by atoms with van der Waals surface area (Å²) in [7, 11) is 0. The molecule has 0 spiro atoms. The Balaban J connectivity index is 1.84. The minimum absolute atomic E-state index is 0.0358. The van der Waals surface area contributed by atoms with Gasteiger partial charge in [-0.3, -0.25) is 0 Å². The summed E-state index contributed by atoms with van der Waals surface area (Å²) in [6, 6.07) is 0. The number of hydrogen-bond donors (Lipinski definition) is 2. The summed E-state index contributed by atoms with van der Waals surface area (Å²) in [4.78, 5) is 0. The Morgan fingerprint density at radius 1 is 1.43 bits per heavy atom. The van der Waals surface area contributed by atoms with Crippen molar-refractivity contribution in [2.45, 2.75) is 32.0 Å². The van der Waals surface area contributed by atoms with E-state index in [1.54, 1.807) is 0 Å². The molecule has 0 amide bonds. The van der Waals surface area contributed by atoms with E-state index in [1.807, 2.05) is 0 Å². The lowest BCUT2D eigenvalue weighted by Crippen LogP contribution is -2.41. The van der Waals surface area contributed by atoms with Gasteiger partial charge < -0.3 is 10.1 Å². The average molecular weight is 197 g/mol. The third kappa shape index (κ3) is 2.27. The van der Waals surface area contributed by atoms with Gasteiger partial charge in [0.15, 0.2) is 5.82 Å². The van der Waals surface area contributed by atoms with Crippen LogP contribution in [0.15, 0.2) is 0 Å². The van der Waals surface area contributed by atoms with Crippen LogP contribution in [-0.4, -0.2) is 39.3 Å². The van der Waals surface area contributed by atoms with E-state index in [-0.39, 0.29) is 5.60 Å². The second kappa shape index (κ2) is 4.02. The van der Waals surface area contributed by atoms with Crippen molar-refractivity contribution in [2.24, 2.45) is 0 Å². The zero-order valence-electron chi connectivity index (χ0n) is 8.29. The van der Waals surface area contributed by atoms with Gasteiger partial charge >= 0.3 is 0 Å². The number of piperidine rings is 1. The van der Waals surface area contributed by atoms with Gasteiger partial charge in [0.2, 0.25) is 0 Å². The number of rotatable bonds is 3. The first-order chi connectivity index (χ1) is 6.79. The molecule has 1 aromatic heterocycles. The van der Waals surface area contributed by atoms with Crippen molar-refractivity contribution in [3.05, 3.63) is 5.82 Å². The quantitative estimate of drug-likeness (QED) is 0.705. The molecule has 0 aliphatic carbocycles. The molecule has 78 valence electrons. The summed E-state index contributed by atoms with van der Waals surface area (Å²) in [6.45, 7) is 4.60. The lowest BCUT2D eigenvalue weighted by molar-refractivity contribution is -0.0645. The third-order valence-electron chi connectivity index (χ3n) is 2.60. The normalized spacial score (nSPS) is 20.9. The fraction of sp³-hybridized carbons (Fsp3) is 0.875. The van der Waals surface area contributed by atoms with Gasteiger partial charge in [0.25, 0.3) is 0 Å². The fourth-order valence-corrected chi connectivity index (χ4v) is 1.58. The topological polar surface area (TPSA) is 75.7 Å². The van der Waals surface area contributed by atoms with Crippen LogP contribution in [0.5, 0.6) is 0 Å². The maximum absolute atomic E-state index is 5.79. The van der Waals surface area contributed by atoms with Crippen LogP contribution in [0.1, 0.15) is 25.6 Å². The Morgan fingerprint density at radius 2 is 2.21 bits per heavy atom. The molecule has 0 bridgehead atoms. The molecular weight excluding hydrogens is 182 g/mol. The molecule has 1 saturated heterocycles. The van der Waals surface area contributed by atoms with E-state index in [2.05, 4.69) is 32.9 Å². The Hall–Kier alpha value is -1.01. The highest BCUT2D eigenvalue weighted by molar-refractivity contribution is 4.83. The largest absolute Gasteiger partial charge is 0.367 e. The van der Waals surface area contributed by atoms with E-state index in [4.69, 9.17) is 4.74 Å². The van der Waals surface area contributed by atoms with Crippen LogP contribution in [0.3, 0.4) is 0 Å². The molecule has 2 N–H and O–H groups in total. The van der Waals surface area contributed by atoms with Crippen molar-refractivity contribution in [3.63, 3.8) is 0 Å². The SMILES string of the molecule is CC1(OCc2nn[nH]n2)CCNCC1. The van der Waals surface area contributed by atoms with Crippen LogP contribution in [0.2, 0.25) is 0 Å². The number of hydrogen-bond acceptors (Lipinski definition) is 5. The molecule has 1 aliphatic rings. The van der Waals surface area contributed by atoms with Crippen molar-refractivity contribution in [2.75, 3.05) is 13.1 Å². The van der Waals surface area contributed by atoms with Crippen molar-refractivity contribution >= 4 is 0 Å². The number of aromatic amines is 1. The monoisotopic (exact) mass is 197 g/mol. The number of H-pyrrole nitrogens is 1. The van der Waals surface area contributed by atoms with Crippen molar-refractivity contribution in [1.82, 2.24) is 25.9 Å². The maximum atomic E-state index is 5.79. The average Bonchev–Trinajstić information content (AvgIpc) is 2.69. The zero-order chi connectivity index (χ0) is 9.86. The summed E-state index contributed by atoms with van der Waals surface area (Å²) in [5.74, 6) is 0.616. The molecule has 1 aromatic rings. The van der Waals surface area contributed by atoms with E-state index in [0.717, 1.165) is 25.9 Å². The van der Waals surface area contributed by atoms with Gasteiger partial charge in [-0.2, -0.15) is 5.21 Å². The number of aromatic nitrogens is 4. The molecule has 0 radical (unpaired) electrons. The smallest absolute Gasteiger partial charge is 0.200 e. The highest BCUT2D eigenvalue weighted by Crippen LogP contribution is 2.22. The van der Waals surface area contributed by atoms with E-state index in [0.29, 0.717) is 12.4 Å². The molecule has 1 fully saturated rings. The Labute approximate surface area is 82.4 Å². The lowest BCUT2D eigenvalue weighted by atomic mass is 9.95. The third-order valence-corrected chi connectivity index (χ3v) is 2.60. The first-order valence-electron chi connectivity index (χ1n) is 4.85. The van der Waals surface area contributed by atoms with Crippen molar-refractivity contribution in [1.29, 1.82) is 0 Å². The first kappa shape index (κ1) is 9.54. The minimum Gasteiger partial charge on any atom is -0.367 e. The highest BCUT2D eigenvalue weighted by Gasteiger charge is 2.27. The van der Waals surface area contributed by atoms with Gasteiger partial charge in [-0.15, -0.1) is 10.2 Å². The second-order valence-electron chi connectivity index (χ2n) is 3.82. The van der Waals surface area contributed by atoms with Crippen molar-refractivity contribution < 1.29 is 4.74 Å². The molecule has 0 unspecified atom stereocenters. The van der Waals surface area contributed by atoms with Crippen molar-refractivity contribution in [3.8, 4) is 0 Å². The van der Waals surface area contributed by atoms with Crippen LogP contribution in [0, 0.1) is 0 Å². The van der Waals surface area contributed by atoms with Gasteiger partial charge in [-0.25, -0.2) is 0 Å². The second-order valence-corrected chi connectivity index (χ2v) is 3.82. The zero-order valence-corrected chi connectivity index (χ0v) is 8.29. The summed E-state index contributed by atoms with van der Waals surface area (Å²) >= 11 is 0. The predicted molar refractivity (Wildman–Crippen MR) is 49.5 cm³/mol. The minimum atomic E-state index is -0.0358. The molecule has 0 saturated carbocycles. The fourth-order valence-electron chi connectivity index (χ4n) is 1.58. The molecule has 0 aromatic carbocycles. The lowest BCUT2D eigenvalue weighted by Gasteiger charge is -2.33. The van der Waals surface area contributed by atoms with Gasteiger partial charge in [0.1, 0.15) is 6.61 Å². The van der Waals surface area contributed by atoms with Crippen LogP contribution in [-0.2, 0) is 11.3 Å². The van der Waals surface area contributed by atoms with Gasteiger partial charge in [-0.05, 0) is 32.9 Å². The predicted octanol–water partition coefficient (Wildman–Crippen LogP) is -0.142. The molecule has 0 atom stereocenters. The van der Waals surface area contributed by atoms with Gasteiger partial charge in [-0.1, -0.05) is 5.21 Å². The molecular formula is C8H15N5O. The van der Waals surface area contributed by atoms with Crippen LogP contribution in [0.4, 0.5) is 0 Å². The summed E-state index contributed by atoms with van der Waals surface area (Å²) in [6.07, 6.45) is 2.07.